The van der Waals surface area contributed by atoms with E-state index in [1.807, 2.05) is 30.3 Å². The third-order valence-electron chi connectivity index (χ3n) is 3.61. The van der Waals surface area contributed by atoms with Crippen LogP contribution in [0.5, 0.6) is 0 Å². The minimum Gasteiger partial charge on any atom is -0.322 e. The van der Waals surface area contributed by atoms with Crippen LogP contribution in [-0.4, -0.2) is 11.9 Å². The van der Waals surface area contributed by atoms with Gasteiger partial charge in [-0.2, -0.15) is 5.53 Å². The van der Waals surface area contributed by atoms with Gasteiger partial charge >= 0.3 is 0 Å². The third-order valence-corrected chi connectivity index (χ3v) is 3.61. The molecule has 1 fully saturated rings. The number of hydrazine groups is 2. The summed E-state index contributed by atoms with van der Waals surface area (Å²) in [5.41, 5.74) is 10.6. The summed E-state index contributed by atoms with van der Waals surface area (Å²) >= 11 is 0. The van der Waals surface area contributed by atoms with E-state index in [4.69, 9.17) is 0 Å². The van der Waals surface area contributed by atoms with E-state index in [0.717, 1.165) is 11.1 Å². The molecule has 2 aromatic carbocycles. The van der Waals surface area contributed by atoms with Crippen LogP contribution in [-0.2, 0) is 4.79 Å². The summed E-state index contributed by atoms with van der Waals surface area (Å²) in [7, 11) is 0. The lowest BCUT2D eigenvalue weighted by atomic mass is 10.0. The quantitative estimate of drug-likeness (QED) is 0.698. The summed E-state index contributed by atoms with van der Waals surface area (Å²) in [5.74, 6) is -0.752. The Hall–Kier alpha value is -2.28. The molecule has 1 aliphatic heterocycles. The normalized spacial score (nSPS) is 20.8. The number of carbonyl (C=O) groups is 1. The van der Waals surface area contributed by atoms with E-state index >= 15 is 0 Å². The molecule has 2 unspecified atom stereocenters. The van der Waals surface area contributed by atoms with Crippen molar-refractivity contribution in [1.29, 1.82) is 0 Å². The summed E-state index contributed by atoms with van der Waals surface area (Å²) in [6.07, 6.45) is 0. The second kappa shape index (κ2) is 6.23. The molecule has 0 bridgehead atoms. The van der Waals surface area contributed by atoms with E-state index in [9.17, 15) is 9.18 Å². The molecule has 22 heavy (non-hydrogen) atoms. The standard InChI is InChI=1S/C16H17FN4O/c1-10-7-8-13(12(17)9-10)18-16(22)15-14(19-21-20-15)11-5-3-2-4-6-11/h2-9,14-15,19-21H,1H3,(H,18,22). The molecule has 2 atom stereocenters. The Balaban J connectivity index is 1.76. The molecule has 6 heteroatoms. The average Bonchev–Trinajstić information content (AvgIpc) is 3.00. The van der Waals surface area contributed by atoms with Gasteiger partial charge in [-0.3, -0.25) is 4.79 Å². The van der Waals surface area contributed by atoms with Gasteiger partial charge in [0, 0.05) is 0 Å². The predicted octanol–water partition coefficient (Wildman–Crippen LogP) is 1.79. The van der Waals surface area contributed by atoms with Gasteiger partial charge in [-0.1, -0.05) is 36.4 Å². The molecular weight excluding hydrogens is 283 g/mol. The third kappa shape index (κ3) is 2.99. The van der Waals surface area contributed by atoms with Crippen molar-refractivity contribution in [3.8, 4) is 0 Å². The molecule has 1 heterocycles. The van der Waals surface area contributed by atoms with Crippen LogP contribution in [0.1, 0.15) is 17.2 Å². The van der Waals surface area contributed by atoms with Crippen molar-refractivity contribution in [1.82, 2.24) is 16.4 Å². The Morgan fingerprint density at radius 1 is 1.14 bits per heavy atom. The number of benzene rings is 2. The summed E-state index contributed by atoms with van der Waals surface area (Å²) in [5, 5.41) is 2.62. The maximum Gasteiger partial charge on any atom is 0.245 e. The van der Waals surface area contributed by atoms with Crippen LogP contribution in [0.4, 0.5) is 10.1 Å². The predicted molar refractivity (Wildman–Crippen MR) is 82.1 cm³/mol. The minimum atomic E-state index is -0.553. The minimum absolute atomic E-state index is 0.177. The summed E-state index contributed by atoms with van der Waals surface area (Å²) in [4.78, 5) is 12.4. The molecule has 0 radical (unpaired) electrons. The van der Waals surface area contributed by atoms with Crippen LogP contribution >= 0.6 is 0 Å². The molecule has 114 valence electrons. The molecular formula is C16H17FN4O. The Bertz CT molecular complexity index is 677. The van der Waals surface area contributed by atoms with Crippen LogP contribution in [0, 0.1) is 12.7 Å². The maximum absolute atomic E-state index is 13.9. The van der Waals surface area contributed by atoms with Crippen molar-refractivity contribution < 1.29 is 9.18 Å². The van der Waals surface area contributed by atoms with Gasteiger partial charge in [0.2, 0.25) is 5.91 Å². The molecule has 0 spiro atoms. The number of halogens is 1. The van der Waals surface area contributed by atoms with Gasteiger partial charge in [0.25, 0.3) is 0 Å². The summed E-state index contributed by atoms with van der Waals surface area (Å²) < 4.78 is 13.9. The smallest absolute Gasteiger partial charge is 0.245 e. The number of anilines is 1. The lowest BCUT2D eigenvalue weighted by Gasteiger charge is -2.18. The number of hydrogen-bond acceptors (Lipinski definition) is 4. The van der Waals surface area contributed by atoms with Crippen molar-refractivity contribution >= 4 is 11.6 Å². The first-order valence-electron chi connectivity index (χ1n) is 7.03. The highest BCUT2D eigenvalue weighted by molar-refractivity contribution is 5.95. The molecule has 2 aromatic rings. The lowest BCUT2D eigenvalue weighted by molar-refractivity contribution is -0.118. The van der Waals surface area contributed by atoms with E-state index in [2.05, 4.69) is 21.7 Å². The van der Waals surface area contributed by atoms with Crippen LogP contribution in [0.25, 0.3) is 0 Å². The topological polar surface area (TPSA) is 65.2 Å². The molecule has 5 nitrogen and oxygen atoms in total. The van der Waals surface area contributed by atoms with Gasteiger partial charge in [-0.25, -0.2) is 15.2 Å². The van der Waals surface area contributed by atoms with E-state index in [-0.39, 0.29) is 17.6 Å². The first-order chi connectivity index (χ1) is 10.6. The summed E-state index contributed by atoms with van der Waals surface area (Å²) in [6.45, 7) is 1.80. The highest BCUT2D eigenvalue weighted by Crippen LogP contribution is 2.21. The molecule has 0 aromatic heterocycles. The maximum atomic E-state index is 13.9. The molecule has 1 amide bonds. The zero-order chi connectivity index (χ0) is 15.5. The molecule has 1 saturated heterocycles. The molecule has 1 aliphatic rings. The van der Waals surface area contributed by atoms with E-state index < -0.39 is 11.9 Å². The first kappa shape index (κ1) is 14.6. The van der Waals surface area contributed by atoms with Crippen LogP contribution in [0.2, 0.25) is 0 Å². The van der Waals surface area contributed by atoms with E-state index in [1.54, 1.807) is 19.1 Å². The van der Waals surface area contributed by atoms with Crippen molar-refractivity contribution in [3.05, 3.63) is 65.5 Å². The van der Waals surface area contributed by atoms with Gasteiger partial charge in [-0.15, -0.1) is 0 Å². The monoisotopic (exact) mass is 300 g/mol. The number of aryl methyl sites for hydroxylation is 1. The zero-order valence-corrected chi connectivity index (χ0v) is 12.1. The van der Waals surface area contributed by atoms with Gasteiger partial charge in [0.1, 0.15) is 11.9 Å². The van der Waals surface area contributed by atoms with Crippen molar-refractivity contribution in [2.24, 2.45) is 0 Å². The van der Waals surface area contributed by atoms with E-state index in [1.165, 1.54) is 6.07 Å². The fourth-order valence-corrected chi connectivity index (χ4v) is 2.45. The van der Waals surface area contributed by atoms with Crippen molar-refractivity contribution in [3.63, 3.8) is 0 Å². The van der Waals surface area contributed by atoms with E-state index in [0.29, 0.717) is 0 Å². The molecule has 0 aliphatic carbocycles. The molecule has 4 N–H and O–H groups in total. The van der Waals surface area contributed by atoms with Gasteiger partial charge in [0.05, 0.1) is 11.7 Å². The highest BCUT2D eigenvalue weighted by atomic mass is 19.1. The number of nitrogens with one attached hydrogen (secondary N) is 4. The fraction of sp³-hybridized carbons (Fsp3) is 0.188. The second-order valence-corrected chi connectivity index (χ2v) is 5.25. The Kier molecular flexibility index (Phi) is 4.15. The number of carbonyl (C=O) groups excluding carboxylic acids is 1. The summed E-state index contributed by atoms with van der Waals surface area (Å²) in [6, 6.07) is 13.5. The number of rotatable bonds is 3. The van der Waals surface area contributed by atoms with Crippen molar-refractivity contribution in [2.75, 3.05) is 5.32 Å². The van der Waals surface area contributed by atoms with Gasteiger partial charge in [0.15, 0.2) is 0 Å². The Morgan fingerprint density at radius 2 is 1.91 bits per heavy atom. The number of amides is 1. The average molecular weight is 300 g/mol. The zero-order valence-electron chi connectivity index (χ0n) is 12.1. The lowest BCUT2D eigenvalue weighted by Crippen LogP contribution is -2.41. The SMILES string of the molecule is Cc1ccc(NC(=O)C2NNNC2c2ccccc2)c(F)c1. The van der Waals surface area contributed by atoms with Gasteiger partial charge < -0.3 is 5.32 Å². The molecule has 0 saturated carbocycles. The highest BCUT2D eigenvalue weighted by Gasteiger charge is 2.34. The second-order valence-electron chi connectivity index (χ2n) is 5.25. The number of hydrogen-bond donors (Lipinski definition) is 4. The van der Waals surface area contributed by atoms with Gasteiger partial charge in [-0.05, 0) is 30.2 Å². The van der Waals surface area contributed by atoms with Crippen molar-refractivity contribution in [2.45, 2.75) is 19.0 Å². The van der Waals surface area contributed by atoms with Crippen LogP contribution in [0.3, 0.4) is 0 Å². The fourth-order valence-electron chi connectivity index (χ4n) is 2.45. The Morgan fingerprint density at radius 3 is 2.64 bits per heavy atom. The first-order valence-corrected chi connectivity index (χ1v) is 7.03. The Labute approximate surface area is 127 Å². The van der Waals surface area contributed by atoms with Crippen LogP contribution in [0.15, 0.2) is 48.5 Å². The molecule has 3 rings (SSSR count). The largest absolute Gasteiger partial charge is 0.322 e. The van der Waals surface area contributed by atoms with Crippen LogP contribution < -0.4 is 21.7 Å².